The van der Waals surface area contributed by atoms with Crippen LogP contribution in [0.4, 0.5) is 0 Å². The highest BCUT2D eigenvalue weighted by molar-refractivity contribution is 7.99. The predicted octanol–water partition coefficient (Wildman–Crippen LogP) is 0.794. The maximum absolute atomic E-state index is 12.2. The maximum atomic E-state index is 12.2. The van der Waals surface area contributed by atoms with E-state index in [0.29, 0.717) is 36.8 Å². The van der Waals surface area contributed by atoms with Crippen molar-refractivity contribution < 1.29 is 9.90 Å². The van der Waals surface area contributed by atoms with Crippen molar-refractivity contribution in [2.75, 3.05) is 18.1 Å². The van der Waals surface area contributed by atoms with E-state index >= 15 is 0 Å². The van der Waals surface area contributed by atoms with E-state index in [0.717, 1.165) is 11.4 Å². The zero-order valence-electron chi connectivity index (χ0n) is 13.3. The molecule has 0 saturated heterocycles. The van der Waals surface area contributed by atoms with Crippen molar-refractivity contribution in [3.8, 4) is 0 Å². The third-order valence-corrected chi connectivity index (χ3v) is 4.88. The number of carbonyl (C=O) groups is 1. The highest BCUT2D eigenvalue weighted by Crippen LogP contribution is 2.23. The van der Waals surface area contributed by atoms with Crippen molar-refractivity contribution in [2.24, 2.45) is 7.05 Å². The lowest BCUT2D eigenvalue weighted by Crippen LogP contribution is -2.39. The van der Waals surface area contributed by atoms with Gasteiger partial charge in [-0.2, -0.15) is 22.0 Å². The number of amides is 1. The van der Waals surface area contributed by atoms with Crippen molar-refractivity contribution in [1.29, 1.82) is 0 Å². The van der Waals surface area contributed by atoms with E-state index in [1.54, 1.807) is 35.8 Å². The monoisotopic (exact) mass is 335 g/mol. The second-order valence-electron chi connectivity index (χ2n) is 5.52. The van der Waals surface area contributed by atoms with Crippen molar-refractivity contribution in [3.05, 3.63) is 35.4 Å². The van der Waals surface area contributed by atoms with Gasteiger partial charge in [-0.3, -0.25) is 14.2 Å². The highest BCUT2D eigenvalue weighted by Gasteiger charge is 2.25. The molecule has 1 amide bonds. The largest absolute Gasteiger partial charge is 0.380 e. The van der Waals surface area contributed by atoms with Crippen LogP contribution in [0.1, 0.15) is 30.1 Å². The lowest BCUT2D eigenvalue weighted by Gasteiger charge is -2.27. The number of thioether (sulfide) groups is 1. The van der Waals surface area contributed by atoms with Gasteiger partial charge in [0, 0.05) is 19.8 Å². The third kappa shape index (κ3) is 3.28. The minimum absolute atomic E-state index is 0.165. The van der Waals surface area contributed by atoms with Crippen LogP contribution in [0.15, 0.2) is 18.3 Å². The summed E-state index contributed by atoms with van der Waals surface area (Å²) >= 11 is 1.64. The fourth-order valence-electron chi connectivity index (χ4n) is 2.72. The molecule has 3 rings (SSSR count). The normalized spacial score (nSPS) is 15.5. The summed E-state index contributed by atoms with van der Waals surface area (Å²) in [4.78, 5) is 14.0. The number of nitrogens with zero attached hydrogens (tertiary/aromatic N) is 5. The minimum Gasteiger partial charge on any atom is -0.380 e. The Bertz CT molecular complexity index is 696. The summed E-state index contributed by atoms with van der Waals surface area (Å²) in [5.74, 6) is 1.63. The Kier molecular flexibility index (Phi) is 4.72. The van der Waals surface area contributed by atoms with Crippen molar-refractivity contribution >= 4 is 17.7 Å². The molecule has 2 aromatic rings. The van der Waals surface area contributed by atoms with E-state index in [2.05, 4.69) is 17.1 Å². The van der Waals surface area contributed by atoms with Gasteiger partial charge in [0.25, 0.3) is 0 Å². The first-order valence-electron chi connectivity index (χ1n) is 7.68. The van der Waals surface area contributed by atoms with Gasteiger partial charge in [0.05, 0.1) is 35.9 Å². The van der Waals surface area contributed by atoms with Crippen LogP contribution in [-0.2, 0) is 24.9 Å². The number of hydrogen-bond donors (Lipinski definition) is 1. The molecule has 23 heavy (non-hydrogen) atoms. The van der Waals surface area contributed by atoms with Crippen LogP contribution in [-0.4, -0.2) is 53.5 Å². The number of aryl methyl sites for hydroxylation is 1. The summed E-state index contributed by atoms with van der Waals surface area (Å²) in [6, 6.07) is 3.66. The van der Waals surface area contributed by atoms with Gasteiger partial charge in [-0.15, -0.1) is 0 Å². The molecular weight excluding hydrogens is 314 g/mol. The number of aliphatic hydroxyl groups is 1. The van der Waals surface area contributed by atoms with Gasteiger partial charge in [-0.25, -0.2) is 0 Å². The van der Waals surface area contributed by atoms with Gasteiger partial charge in [-0.05, 0) is 17.9 Å². The molecule has 0 radical (unpaired) electrons. The lowest BCUT2D eigenvalue weighted by atomic mass is 10.1. The molecule has 0 aliphatic carbocycles. The van der Waals surface area contributed by atoms with Gasteiger partial charge < -0.3 is 10.0 Å². The molecule has 0 unspecified atom stereocenters. The molecular formula is C15H21N5O2S. The zero-order chi connectivity index (χ0) is 16.4. The van der Waals surface area contributed by atoms with Crippen LogP contribution in [0.2, 0.25) is 0 Å². The van der Waals surface area contributed by atoms with Gasteiger partial charge in [0.15, 0.2) is 0 Å². The Morgan fingerprint density at radius 3 is 3.00 bits per heavy atom. The molecule has 0 bridgehead atoms. The molecule has 3 heterocycles. The van der Waals surface area contributed by atoms with Crippen LogP contribution in [0.3, 0.4) is 0 Å². The Hall–Kier alpha value is -1.80. The quantitative estimate of drug-likeness (QED) is 0.874. The molecule has 2 aromatic heterocycles. The van der Waals surface area contributed by atoms with Crippen LogP contribution >= 0.6 is 11.8 Å². The van der Waals surface area contributed by atoms with Crippen LogP contribution < -0.4 is 0 Å². The fraction of sp³-hybridized carbons (Fsp3) is 0.533. The van der Waals surface area contributed by atoms with Crippen molar-refractivity contribution in [3.63, 3.8) is 0 Å². The summed E-state index contributed by atoms with van der Waals surface area (Å²) in [6.07, 6.45) is 0.848. The first-order valence-corrected chi connectivity index (χ1v) is 8.83. The number of aromatic nitrogens is 4. The van der Waals surface area contributed by atoms with Gasteiger partial charge in [-0.1, -0.05) is 6.92 Å². The van der Waals surface area contributed by atoms with Gasteiger partial charge in [0.2, 0.25) is 5.91 Å². The standard InChI is InChI=1S/C15H21N5O2S/c1-3-23-10-14(21)19-6-7-20-11(9-19)8-12(17-20)15(22)13-4-5-16-18(13)2/h4-5,8,15,22H,3,6-7,9-10H2,1-2H3/t15-/m0/s1. The van der Waals surface area contributed by atoms with Gasteiger partial charge in [0.1, 0.15) is 6.10 Å². The van der Waals surface area contributed by atoms with E-state index in [1.807, 2.05) is 15.6 Å². The summed E-state index contributed by atoms with van der Waals surface area (Å²) in [7, 11) is 1.79. The molecule has 1 aliphatic rings. The molecule has 0 saturated carbocycles. The number of carbonyl (C=O) groups excluding carboxylic acids is 1. The van der Waals surface area contributed by atoms with E-state index in [1.165, 1.54) is 0 Å². The van der Waals surface area contributed by atoms with E-state index in [4.69, 9.17) is 0 Å². The summed E-state index contributed by atoms with van der Waals surface area (Å²) in [6.45, 7) is 3.93. The summed E-state index contributed by atoms with van der Waals surface area (Å²) in [5, 5.41) is 19.0. The Morgan fingerprint density at radius 1 is 1.48 bits per heavy atom. The van der Waals surface area contributed by atoms with Crippen molar-refractivity contribution in [1.82, 2.24) is 24.5 Å². The van der Waals surface area contributed by atoms with Gasteiger partial charge >= 0.3 is 0 Å². The Labute approximate surface area is 139 Å². The maximum Gasteiger partial charge on any atom is 0.232 e. The number of hydrogen-bond acceptors (Lipinski definition) is 5. The smallest absolute Gasteiger partial charge is 0.232 e. The highest BCUT2D eigenvalue weighted by atomic mass is 32.2. The summed E-state index contributed by atoms with van der Waals surface area (Å²) in [5.41, 5.74) is 2.26. The SMILES string of the molecule is CCSCC(=O)N1CCn2nc([C@H](O)c3ccnn3C)cc2C1. The molecule has 0 fully saturated rings. The predicted molar refractivity (Wildman–Crippen MR) is 87.9 cm³/mol. The number of rotatable bonds is 5. The third-order valence-electron chi connectivity index (χ3n) is 4.02. The molecule has 7 nitrogen and oxygen atoms in total. The molecule has 1 aliphatic heterocycles. The first kappa shape index (κ1) is 16.1. The average molecular weight is 335 g/mol. The number of aliphatic hydroxyl groups excluding tert-OH is 1. The topological polar surface area (TPSA) is 76.2 Å². The van der Waals surface area contributed by atoms with Crippen LogP contribution in [0.5, 0.6) is 0 Å². The zero-order valence-corrected chi connectivity index (χ0v) is 14.2. The molecule has 8 heteroatoms. The second kappa shape index (κ2) is 6.76. The number of fused-ring (bicyclic) bond motifs is 1. The second-order valence-corrected chi connectivity index (χ2v) is 6.79. The van der Waals surface area contributed by atoms with E-state index < -0.39 is 6.10 Å². The molecule has 124 valence electrons. The average Bonchev–Trinajstić information content (AvgIpc) is 3.17. The lowest BCUT2D eigenvalue weighted by molar-refractivity contribution is -0.129. The molecule has 0 aromatic carbocycles. The van der Waals surface area contributed by atoms with Crippen LogP contribution in [0, 0.1) is 0 Å². The molecule has 1 N–H and O–H groups in total. The first-order chi connectivity index (χ1) is 11.1. The van der Waals surface area contributed by atoms with E-state index in [-0.39, 0.29) is 5.91 Å². The molecule has 1 atom stereocenters. The Morgan fingerprint density at radius 2 is 2.30 bits per heavy atom. The summed E-state index contributed by atoms with van der Waals surface area (Å²) < 4.78 is 3.52. The van der Waals surface area contributed by atoms with Crippen LogP contribution in [0.25, 0.3) is 0 Å². The Balaban J connectivity index is 1.74. The molecule has 0 spiro atoms. The van der Waals surface area contributed by atoms with E-state index in [9.17, 15) is 9.90 Å². The fourth-order valence-corrected chi connectivity index (χ4v) is 3.28. The van der Waals surface area contributed by atoms with Crippen molar-refractivity contribution in [2.45, 2.75) is 26.1 Å². The minimum atomic E-state index is -0.805.